The van der Waals surface area contributed by atoms with Gasteiger partial charge in [-0.25, -0.2) is 4.79 Å². The van der Waals surface area contributed by atoms with Crippen LogP contribution in [-0.4, -0.2) is 23.7 Å². The quantitative estimate of drug-likeness (QED) is 0.672. The zero-order valence-corrected chi connectivity index (χ0v) is 11.5. The van der Waals surface area contributed by atoms with Gasteiger partial charge in [-0.1, -0.05) is 0 Å². The van der Waals surface area contributed by atoms with Gasteiger partial charge in [-0.15, -0.1) is 0 Å². The summed E-state index contributed by atoms with van der Waals surface area (Å²) in [5.74, 6) is -1.10. The standard InChI is InChI=1S/C14H18O5/c1-5-18-12(16)10-8-9(6-7-11(10)15)19-13(17)14(2,3)4/h6-8,15H,5H2,1-4H3. The molecule has 1 aromatic carbocycles. The molecule has 0 aliphatic heterocycles. The van der Waals surface area contributed by atoms with Gasteiger partial charge in [-0.05, 0) is 45.9 Å². The molecule has 5 heteroatoms. The highest BCUT2D eigenvalue weighted by Crippen LogP contribution is 2.26. The molecule has 0 saturated carbocycles. The summed E-state index contributed by atoms with van der Waals surface area (Å²) in [4.78, 5) is 23.3. The van der Waals surface area contributed by atoms with Gasteiger partial charge in [0.15, 0.2) is 0 Å². The average Bonchev–Trinajstić information content (AvgIpc) is 2.30. The second-order valence-corrected chi connectivity index (χ2v) is 5.04. The van der Waals surface area contributed by atoms with E-state index < -0.39 is 17.4 Å². The topological polar surface area (TPSA) is 72.8 Å². The summed E-state index contributed by atoms with van der Waals surface area (Å²) < 4.78 is 9.94. The van der Waals surface area contributed by atoms with Crippen LogP contribution in [0.3, 0.4) is 0 Å². The van der Waals surface area contributed by atoms with Gasteiger partial charge in [0, 0.05) is 0 Å². The second-order valence-electron chi connectivity index (χ2n) is 5.04. The number of phenols is 1. The van der Waals surface area contributed by atoms with Crippen LogP contribution in [0, 0.1) is 5.41 Å². The van der Waals surface area contributed by atoms with Crippen LogP contribution in [0.4, 0.5) is 0 Å². The first kappa shape index (κ1) is 15.0. The van der Waals surface area contributed by atoms with Crippen molar-refractivity contribution in [1.29, 1.82) is 0 Å². The van der Waals surface area contributed by atoms with Gasteiger partial charge in [0.25, 0.3) is 0 Å². The molecule has 0 aliphatic carbocycles. The van der Waals surface area contributed by atoms with Crippen molar-refractivity contribution in [1.82, 2.24) is 0 Å². The Hall–Kier alpha value is -2.04. The van der Waals surface area contributed by atoms with Crippen molar-refractivity contribution in [2.24, 2.45) is 5.41 Å². The van der Waals surface area contributed by atoms with Crippen LogP contribution in [0.15, 0.2) is 18.2 Å². The Bertz CT molecular complexity index is 485. The van der Waals surface area contributed by atoms with Gasteiger partial charge in [0.2, 0.25) is 0 Å². The Kier molecular flexibility index (Phi) is 4.53. The summed E-state index contributed by atoms with van der Waals surface area (Å²) in [5.41, 5.74) is -0.678. The fraction of sp³-hybridized carbons (Fsp3) is 0.429. The first-order chi connectivity index (χ1) is 8.75. The maximum Gasteiger partial charge on any atom is 0.342 e. The van der Waals surface area contributed by atoms with Gasteiger partial charge in [0.05, 0.1) is 12.0 Å². The van der Waals surface area contributed by atoms with Gasteiger partial charge in [0.1, 0.15) is 17.1 Å². The molecule has 0 aromatic heterocycles. The lowest BCUT2D eigenvalue weighted by molar-refractivity contribution is -0.143. The Morgan fingerprint density at radius 3 is 2.42 bits per heavy atom. The summed E-state index contributed by atoms with van der Waals surface area (Å²) in [5, 5.41) is 9.58. The molecular formula is C14H18O5. The smallest absolute Gasteiger partial charge is 0.342 e. The van der Waals surface area contributed by atoms with Crippen LogP contribution in [0.5, 0.6) is 11.5 Å². The van der Waals surface area contributed by atoms with E-state index in [0.717, 1.165) is 0 Å². The van der Waals surface area contributed by atoms with Crippen LogP contribution in [-0.2, 0) is 9.53 Å². The summed E-state index contributed by atoms with van der Waals surface area (Å²) in [6.07, 6.45) is 0. The van der Waals surface area contributed by atoms with Crippen molar-refractivity contribution in [2.75, 3.05) is 6.61 Å². The van der Waals surface area contributed by atoms with Crippen LogP contribution in [0.25, 0.3) is 0 Å². The molecule has 0 fully saturated rings. The van der Waals surface area contributed by atoms with Crippen LogP contribution < -0.4 is 4.74 Å². The Balaban J connectivity index is 2.97. The second kappa shape index (κ2) is 5.73. The molecule has 1 aromatic rings. The monoisotopic (exact) mass is 266 g/mol. The fourth-order valence-corrected chi connectivity index (χ4v) is 1.21. The molecule has 5 nitrogen and oxygen atoms in total. The largest absolute Gasteiger partial charge is 0.507 e. The number of ether oxygens (including phenoxy) is 2. The van der Waals surface area contributed by atoms with Crippen LogP contribution >= 0.6 is 0 Å². The highest BCUT2D eigenvalue weighted by molar-refractivity contribution is 5.93. The summed E-state index contributed by atoms with van der Waals surface area (Å²) >= 11 is 0. The SMILES string of the molecule is CCOC(=O)c1cc(OC(=O)C(C)(C)C)ccc1O. The molecule has 0 amide bonds. The Morgan fingerprint density at radius 1 is 1.26 bits per heavy atom. The van der Waals surface area contributed by atoms with Crippen LogP contribution in [0.1, 0.15) is 38.1 Å². The normalized spacial score (nSPS) is 10.9. The maximum atomic E-state index is 11.7. The zero-order valence-electron chi connectivity index (χ0n) is 11.5. The maximum absolute atomic E-state index is 11.7. The lowest BCUT2D eigenvalue weighted by atomic mass is 9.97. The Labute approximate surface area is 112 Å². The van der Waals surface area contributed by atoms with E-state index in [0.29, 0.717) is 0 Å². The third-order valence-electron chi connectivity index (χ3n) is 2.29. The highest BCUT2D eigenvalue weighted by Gasteiger charge is 2.24. The van der Waals surface area contributed by atoms with Crippen molar-refractivity contribution in [2.45, 2.75) is 27.7 Å². The van der Waals surface area contributed by atoms with Gasteiger partial charge >= 0.3 is 11.9 Å². The van der Waals surface area contributed by atoms with Crippen molar-refractivity contribution in [3.05, 3.63) is 23.8 Å². The number of carbonyl (C=O) groups excluding carboxylic acids is 2. The number of aromatic hydroxyl groups is 1. The van der Waals surface area contributed by atoms with Crippen molar-refractivity contribution in [3.63, 3.8) is 0 Å². The minimum Gasteiger partial charge on any atom is -0.507 e. The first-order valence-corrected chi connectivity index (χ1v) is 5.98. The molecule has 0 heterocycles. The van der Waals surface area contributed by atoms with E-state index in [-0.39, 0.29) is 23.7 Å². The summed E-state index contributed by atoms with van der Waals surface area (Å²) in [6.45, 7) is 7.04. The third kappa shape index (κ3) is 3.98. The predicted octanol–water partition coefficient (Wildman–Crippen LogP) is 2.52. The van der Waals surface area contributed by atoms with E-state index in [1.807, 2.05) is 0 Å². The molecule has 104 valence electrons. The molecule has 1 rings (SSSR count). The van der Waals surface area contributed by atoms with E-state index >= 15 is 0 Å². The molecule has 1 N–H and O–H groups in total. The molecule has 0 aliphatic rings. The number of benzene rings is 1. The number of carbonyl (C=O) groups is 2. The number of hydrogen-bond acceptors (Lipinski definition) is 5. The molecular weight excluding hydrogens is 248 g/mol. The van der Waals surface area contributed by atoms with Crippen molar-refractivity contribution < 1.29 is 24.2 Å². The van der Waals surface area contributed by atoms with E-state index in [1.165, 1.54) is 18.2 Å². The van der Waals surface area contributed by atoms with E-state index in [9.17, 15) is 14.7 Å². The molecule has 0 atom stereocenters. The fourth-order valence-electron chi connectivity index (χ4n) is 1.21. The van der Waals surface area contributed by atoms with E-state index in [1.54, 1.807) is 27.7 Å². The van der Waals surface area contributed by atoms with Crippen molar-refractivity contribution >= 4 is 11.9 Å². The van der Waals surface area contributed by atoms with Gasteiger partial charge in [-0.3, -0.25) is 4.79 Å². The highest BCUT2D eigenvalue weighted by atomic mass is 16.5. The first-order valence-electron chi connectivity index (χ1n) is 5.98. The lowest BCUT2D eigenvalue weighted by Crippen LogP contribution is -2.25. The molecule has 0 bridgehead atoms. The molecule has 19 heavy (non-hydrogen) atoms. The zero-order chi connectivity index (χ0) is 14.6. The minimum atomic E-state index is -0.659. The lowest BCUT2D eigenvalue weighted by Gasteiger charge is -2.16. The van der Waals surface area contributed by atoms with Crippen molar-refractivity contribution in [3.8, 4) is 11.5 Å². The van der Waals surface area contributed by atoms with E-state index in [4.69, 9.17) is 9.47 Å². The predicted molar refractivity (Wildman–Crippen MR) is 69.2 cm³/mol. The van der Waals surface area contributed by atoms with E-state index in [2.05, 4.69) is 0 Å². The number of rotatable bonds is 3. The molecule has 0 radical (unpaired) electrons. The summed E-state index contributed by atoms with van der Waals surface area (Å²) in [7, 11) is 0. The average molecular weight is 266 g/mol. The number of hydrogen-bond donors (Lipinski definition) is 1. The number of phenolic OH excluding ortho intramolecular Hbond substituents is 1. The van der Waals surface area contributed by atoms with Gasteiger partial charge in [-0.2, -0.15) is 0 Å². The number of esters is 2. The van der Waals surface area contributed by atoms with Crippen LogP contribution in [0.2, 0.25) is 0 Å². The molecule has 0 unspecified atom stereocenters. The van der Waals surface area contributed by atoms with Gasteiger partial charge < -0.3 is 14.6 Å². The summed E-state index contributed by atoms with van der Waals surface area (Å²) in [6, 6.07) is 4.00. The minimum absolute atomic E-state index is 0.0268. The third-order valence-corrected chi connectivity index (χ3v) is 2.29. The molecule has 0 saturated heterocycles. The molecule has 0 spiro atoms. The Morgan fingerprint density at radius 2 is 1.89 bits per heavy atom.